The molecule has 3 aromatic heterocycles. The van der Waals surface area contributed by atoms with Gasteiger partial charge in [0, 0.05) is 62.4 Å². The number of carbonyl (C=O) groups is 1. The van der Waals surface area contributed by atoms with Crippen molar-refractivity contribution in [2.75, 3.05) is 6.54 Å². The summed E-state index contributed by atoms with van der Waals surface area (Å²) in [5.41, 5.74) is 5.98. The topological polar surface area (TPSA) is 75.9 Å². The van der Waals surface area contributed by atoms with Crippen molar-refractivity contribution in [3.05, 3.63) is 113 Å². The molecule has 4 aromatic rings. The number of benzene rings is 1. The summed E-state index contributed by atoms with van der Waals surface area (Å²) in [6.45, 7) is 3.56. The van der Waals surface area contributed by atoms with Crippen LogP contribution in [0.25, 0.3) is 0 Å². The molecule has 1 N–H and O–H groups in total. The predicted molar refractivity (Wildman–Crippen MR) is 130 cm³/mol. The lowest BCUT2D eigenvalue weighted by atomic mass is 10.0. The SMILES string of the molecule is O=C(NCc1ccccn1)c1nn(CCc2ccccc2)c2c1CN(Cc1cccnc1)CC2. The summed E-state index contributed by atoms with van der Waals surface area (Å²) < 4.78 is 2.04. The molecule has 0 saturated heterocycles. The van der Waals surface area contributed by atoms with Gasteiger partial charge in [0.05, 0.1) is 12.2 Å². The Labute approximate surface area is 199 Å². The van der Waals surface area contributed by atoms with Gasteiger partial charge in [0.1, 0.15) is 0 Å². The van der Waals surface area contributed by atoms with Gasteiger partial charge in [0.2, 0.25) is 0 Å². The normalized spacial score (nSPS) is 13.4. The van der Waals surface area contributed by atoms with Crippen LogP contribution in [0.4, 0.5) is 0 Å². The van der Waals surface area contributed by atoms with Crippen molar-refractivity contribution in [3.63, 3.8) is 0 Å². The molecule has 0 radical (unpaired) electrons. The Kier molecular flexibility index (Phi) is 6.72. The van der Waals surface area contributed by atoms with Gasteiger partial charge in [-0.15, -0.1) is 0 Å². The minimum atomic E-state index is -0.149. The molecule has 172 valence electrons. The Morgan fingerprint density at radius 1 is 0.971 bits per heavy atom. The minimum Gasteiger partial charge on any atom is -0.345 e. The molecule has 0 saturated carbocycles. The number of aryl methyl sites for hydroxylation is 2. The molecule has 1 amide bonds. The molecule has 7 nitrogen and oxygen atoms in total. The Bertz CT molecular complexity index is 1220. The number of aromatic nitrogens is 4. The second-order valence-corrected chi connectivity index (χ2v) is 8.56. The van der Waals surface area contributed by atoms with Crippen LogP contribution in [0.1, 0.15) is 38.6 Å². The van der Waals surface area contributed by atoms with E-state index in [9.17, 15) is 4.79 Å². The first-order chi connectivity index (χ1) is 16.8. The quantitative estimate of drug-likeness (QED) is 0.443. The number of rotatable bonds is 8. The summed E-state index contributed by atoms with van der Waals surface area (Å²) in [4.78, 5) is 24.1. The van der Waals surface area contributed by atoms with Crippen molar-refractivity contribution < 1.29 is 4.79 Å². The van der Waals surface area contributed by atoms with Crippen LogP contribution in [0.15, 0.2) is 79.3 Å². The molecule has 1 aliphatic heterocycles. The molecule has 7 heteroatoms. The lowest BCUT2D eigenvalue weighted by Gasteiger charge is -2.27. The van der Waals surface area contributed by atoms with Gasteiger partial charge in [0.25, 0.3) is 5.91 Å². The van der Waals surface area contributed by atoms with Crippen molar-refractivity contribution in [2.45, 2.75) is 39.0 Å². The summed E-state index contributed by atoms with van der Waals surface area (Å²) in [7, 11) is 0. The Hall–Kier alpha value is -3.84. The van der Waals surface area contributed by atoms with Crippen molar-refractivity contribution in [2.24, 2.45) is 0 Å². The van der Waals surface area contributed by atoms with Crippen molar-refractivity contribution in [1.82, 2.24) is 30.0 Å². The Balaban J connectivity index is 1.36. The third-order valence-corrected chi connectivity index (χ3v) is 6.17. The average Bonchev–Trinajstić information content (AvgIpc) is 3.26. The monoisotopic (exact) mass is 452 g/mol. The molecule has 0 bridgehead atoms. The van der Waals surface area contributed by atoms with Crippen LogP contribution < -0.4 is 5.32 Å². The summed E-state index contributed by atoms with van der Waals surface area (Å²) >= 11 is 0. The third-order valence-electron chi connectivity index (χ3n) is 6.17. The van der Waals surface area contributed by atoms with E-state index in [0.717, 1.165) is 43.7 Å². The predicted octanol–water partition coefficient (Wildman–Crippen LogP) is 3.40. The number of carbonyl (C=O) groups excluding carboxylic acids is 1. The fraction of sp³-hybridized carbons (Fsp3) is 0.259. The molecule has 1 aliphatic rings. The van der Waals surface area contributed by atoms with E-state index in [1.807, 2.05) is 41.2 Å². The van der Waals surface area contributed by atoms with Crippen molar-refractivity contribution >= 4 is 5.91 Å². The second-order valence-electron chi connectivity index (χ2n) is 8.56. The highest BCUT2D eigenvalue weighted by Gasteiger charge is 2.28. The third kappa shape index (κ3) is 5.21. The zero-order valence-corrected chi connectivity index (χ0v) is 19.1. The maximum atomic E-state index is 13.2. The number of nitrogens with zero attached hydrogens (tertiary/aromatic N) is 5. The standard InChI is InChI=1S/C27H28N6O/c34-27(30-18-23-10-4-5-14-29-23)26-24-20-32(19-22-9-6-13-28-17-22)15-12-25(24)33(31-26)16-11-21-7-2-1-3-8-21/h1-10,13-14,17H,11-12,15-16,18-20H2,(H,30,34). The number of fused-ring (bicyclic) bond motifs is 1. The highest BCUT2D eigenvalue weighted by Crippen LogP contribution is 2.24. The van der Waals surface area contributed by atoms with Gasteiger partial charge in [-0.2, -0.15) is 5.10 Å². The number of amides is 1. The minimum absolute atomic E-state index is 0.149. The molecule has 5 rings (SSSR count). The highest BCUT2D eigenvalue weighted by atomic mass is 16.2. The second kappa shape index (κ2) is 10.4. The molecule has 4 heterocycles. The molecule has 0 spiro atoms. The lowest BCUT2D eigenvalue weighted by Crippen LogP contribution is -2.32. The van der Waals surface area contributed by atoms with Crippen LogP contribution in [0, 0.1) is 0 Å². The molecule has 0 aliphatic carbocycles. The van der Waals surface area contributed by atoms with Crippen molar-refractivity contribution in [3.8, 4) is 0 Å². The van der Waals surface area contributed by atoms with Crippen LogP contribution in [0.3, 0.4) is 0 Å². The summed E-state index contributed by atoms with van der Waals surface area (Å²) in [5, 5.41) is 7.82. The first-order valence-electron chi connectivity index (χ1n) is 11.7. The number of hydrogen-bond acceptors (Lipinski definition) is 5. The molecule has 1 aromatic carbocycles. The summed E-state index contributed by atoms with van der Waals surface area (Å²) in [6, 6.07) is 20.1. The van der Waals surface area contributed by atoms with Gasteiger partial charge < -0.3 is 5.32 Å². The zero-order chi connectivity index (χ0) is 23.2. The van der Waals surface area contributed by atoms with E-state index >= 15 is 0 Å². The molecular formula is C27H28N6O. The van der Waals surface area contributed by atoms with E-state index in [2.05, 4.69) is 50.5 Å². The van der Waals surface area contributed by atoms with Gasteiger partial charge in [-0.1, -0.05) is 42.5 Å². The summed E-state index contributed by atoms with van der Waals surface area (Å²) in [6.07, 6.45) is 7.17. The molecule has 0 unspecified atom stereocenters. The lowest BCUT2D eigenvalue weighted by molar-refractivity contribution is 0.0942. The van der Waals surface area contributed by atoms with E-state index in [-0.39, 0.29) is 5.91 Å². The molecule has 34 heavy (non-hydrogen) atoms. The van der Waals surface area contributed by atoms with Gasteiger partial charge in [-0.3, -0.25) is 24.3 Å². The van der Waals surface area contributed by atoms with E-state index in [1.165, 1.54) is 16.8 Å². The van der Waals surface area contributed by atoms with Gasteiger partial charge in [-0.25, -0.2) is 0 Å². The molecule has 0 fully saturated rings. The number of nitrogens with one attached hydrogen (secondary N) is 1. The van der Waals surface area contributed by atoms with Gasteiger partial charge in [0.15, 0.2) is 5.69 Å². The molecule has 0 atom stereocenters. The van der Waals surface area contributed by atoms with E-state index in [4.69, 9.17) is 5.10 Å². The Morgan fingerprint density at radius 2 is 1.82 bits per heavy atom. The maximum Gasteiger partial charge on any atom is 0.272 e. The summed E-state index contributed by atoms with van der Waals surface area (Å²) in [5.74, 6) is -0.149. The largest absolute Gasteiger partial charge is 0.345 e. The number of pyridine rings is 2. The van der Waals surface area contributed by atoms with E-state index < -0.39 is 0 Å². The van der Waals surface area contributed by atoms with Gasteiger partial charge >= 0.3 is 0 Å². The van der Waals surface area contributed by atoms with E-state index in [0.29, 0.717) is 18.8 Å². The maximum absolute atomic E-state index is 13.2. The fourth-order valence-corrected chi connectivity index (χ4v) is 4.44. The number of hydrogen-bond donors (Lipinski definition) is 1. The van der Waals surface area contributed by atoms with Gasteiger partial charge in [-0.05, 0) is 35.7 Å². The van der Waals surface area contributed by atoms with Crippen LogP contribution in [0.2, 0.25) is 0 Å². The van der Waals surface area contributed by atoms with Crippen LogP contribution in [0.5, 0.6) is 0 Å². The fourth-order valence-electron chi connectivity index (χ4n) is 4.44. The highest BCUT2D eigenvalue weighted by molar-refractivity contribution is 5.94. The molecular weight excluding hydrogens is 424 g/mol. The zero-order valence-electron chi connectivity index (χ0n) is 19.1. The smallest absolute Gasteiger partial charge is 0.272 e. The van der Waals surface area contributed by atoms with E-state index in [1.54, 1.807) is 12.4 Å². The van der Waals surface area contributed by atoms with Crippen LogP contribution in [-0.4, -0.2) is 37.1 Å². The first kappa shape index (κ1) is 22.0. The van der Waals surface area contributed by atoms with Crippen LogP contribution >= 0.6 is 0 Å². The Morgan fingerprint density at radius 3 is 2.62 bits per heavy atom. The first-order valence-corrected chi connectivity index (χ1v) is 11.7. The van der Waals surface area contributed by atoms with Crippen molar-refractivity contribution in [1.29, 1.82) is 0 Å². The van der Waals surface area contributed by atoms with Crippen LogP contribution in [-0.2, 0) is 39.0 Å². The average molecular weight is 453 g/mol.